The van der Waals surface area contributed by atoms with E-state index in [-0.39, 0.29) is 0 Å². The Bertz CT molecular complexity index is 640. The van der Waals surface area contributed by atoms with Gasteiger partial charge in [0, 0.05) is 23.8 Å². The second kappa shape index (κ2) is 6.25. The molecule has 0 spiro atoms. The van der Waals surface area contributed by atoms with Gasteiger partial charge in [-0.3, -0.25) is 0 Å². The molecule has 3 nitrogen and oxygen atoms in total. The zero-order chi connectivity index (χ0) is 15.7. The lowest BCUT2D eigenvalue weighted by molar-refractivity contribution is 0.523. The van der Waals surface area contributed by atoms with Gasteiger partial charge < -0.3 is 5.32 Å². The van der Waals surface area contributed by atoms with E-state index in [1.54, 1.807) is 0 Å². The Labute approximate surface area is 133 Å². The van der Waals surface area contributed by atoms with Gasteiger partial charge in [0.05, 0.1) is 11.9 Å². The largest absolute Gasteiger partial charge is 0.310 e. The Morgan fingerprint density at radius 1 is 1.09 bits per heavy atom. The van der Waals surface area contributed by atoms with Crippen LogP contribution in [0, 0.1) is 27.7 Å². The topological polar surface area (TPSA) is 29.9 Å². The van der Waals surface area contributed by atoms with Gasteiger partial charge in [0.15, 0.2) is 0 Å². The van der Waals surface area contributed by atoms with Crippen LogP contribution in [0.5, 0.6) is 0 Å². The fourth-order valence-corrected chi connectivity index (χ4v) is 3.73. The van der Waals surface area contributed by atoms with Gasteiger partial charge in [0.1, 0.15) is 0 Å². The van der Waals surface area contributed by atoms with Crippen LogP contribution < -0.4 is 5.32 Å². The van der Waals surface area contributed by atoms with Crippen molar-refractivity contribution in [2.75, 3.05) is 0 Å². The number of nitrogens with zero attached hydrogens (tertiary/aromatic N) is 2. The summed E-state index contributed by atoms with van der Waals surface area (Å²) in [5, 5.41) is 8.35. The molecule has 0 radical (unpaired) electrons. The van der Waals surface area contributed by atoms with Crippen molar-refractivity contribution in [1.82, 2.24) is 15.1 Å². The quantitative estimate of drug-likeness (QED) is 0.919. The lowest BCUT2D eigenvalue weighted by Crippen LogP contribution is -2.25. The Morgan fingerprint density at radius 3 is 2.36 bits per heavy atom. The Morgan fingerprint density at radius 2 is 1.73 bits per heavy atom. The molecule has 0 unspecified atom stereocenters. The van der Waals surface area contributed by atoms with Crippen LogP contribution >= 0.6 is 0 Å². The maximum atomic E-state index is 4.66. The molecule has 1 aliphatic rings. The van der Waals surface area contributed by atoms with Crippen molar-refractivity contribution in [3.63, 3.8) is 0 Å². The van der Waals surface area contributed by atoms with Crippen LogP contribution in [0.4, 0.5) is 0 Å². The second-order valence-electron chi connectivity index (χ2n) is 6.78. The lowest BCUT2D eigenvalue weighted by atomic mass is 10.0. The summed E-state index contributed by atoms with van der Waals surface area (Å²) in [5.74, 6) is 0. The average Bonchev–Trinajstić information content (AvgIpc) is 3.07. The molecule has 0 bridgehead atoms. The van der Waals surface area contributed by atoms with Crippen molar-refractivity contribution in [1.29, 1.82) is 0 Å². The number of hydrogen-bond donors (Lipinski definition) is 1. The summed E-state index contributed by atoms with van der Waals surface area (Å²) in [6, 6.07) is 5.17. The summed E-state index contributed by atoms with van der Waals surface area (Å²) < 4.78 is 2.11. The summed E-state index contributed by atoms with van der Waals surface area (Å²) >= 11 is 0. The van der Waals surface area contributed by atoms with Crippen LogP contribution in [0.1, 0.15) is 53.6 Å². The van der Waals surface area contributed by atoms with Crippen molar-refractivity contribution >= 4 is 0 Å². The van der Waals surface area contributed by atoms with E-state index in [9.17, 15) is 0 Å². The first-order valence-corrected chi connectivity index (χ1v) is 8.41. The molecule has 1 saturated carbocycles. The van der Waals surface area contributed by atoms with E-state index in [1.165, 1.54) is 59.3 Å². The van der Waals surface area contributed by atoms with E-state index in [1.807, 2.05) is 6.20 Å². The predicted octanol–water partition coefficient (Wildman–Crippen LogP) is 4.14. The van der Waals surface area contributed by atoms with Crippen molar-refractivity contribution in [2.45, 2.75) is 66.0 Å². The van der Waals surface area contributed by atoms with Crippen molar-refractivity contribution in [3.05, 3.63) is 46.3 Å². The maximum Gasteiger partial charge on any atom is 0.0707 e. The van der Waals surface area contributed by atoms with Crippen molar-refractivity contribution in [2.24, 2.45) is 0 Å². The highest BCUT2D eigenvalue weighted by Crippen LogP contribution is 2.24. The van der Waals surface area contributed by atoms with E-state index >= 15 is 0 Å². The van der Waals surface area contributed by atoms with Crippen molar-refractivity contribution < 1.29 is 0 Å². The number of aryl methyl sites for hydroxylation is 3. The number of aromatic nitrogens is 2. The molecule has 1 fully saturated rings. The number of hydrogen-bond acceptors (Lipinski definition) is 2. The molecule has 0 aliphatic heterocycles. The Kier molecular flexibility index (Phi) is 4.34. The molecule has 22 heavy (non-hydrogen) atoms. The zero-order valence-electron chi connectivity index (χ0n) is 14.2. The highest BCUT2D eigenvalue weighted by molar-refractivity contribution is 5.50. The first-order chi connectivity index (χ1) is 10.6. The van der Waals surface area contributed by atoms with E-state index in [2.05, 4.69) is 54.9 Å². The van der Waals surface area contributed by atoms with Gasteiger partial charge in [-0.1, -0.05) is 30.5 Å². The molecule has 1 N–H and O–H groups in total. The van der Waals surface area contributed by atoms with Crippen LogP contribution in [0.3, 0.4) is 0 Å². The van der Waals surface area contributed by atoms with Gasteiger partial charge >= 0.3 is 0 Å². The molecular formula is C19H27N3. The molecule has 3 heteroatoms. The zero-order valence-corrected chi connectivity index (χ0v) is 14.2. The third-order valence-electron chi connectivity index (χ3n) is 4.90. The summed E-state index contributed by atoms with van der Waals surface area (Å²) in [7, 11) is 0. The van der Waals surface area contributed by atoms with Crippen LogP contribution in [-0.2, 0) is 6.54 Å². The second-order valence-corrected chi connectivity index (χ2v) is 6.78. The molecule has 1 heterocycles. The van der Waals surface area contributed by atoms with Crippen molar-refractivity contribution in [3.8, 4) is 5.69 Å². The Hall–Kier alpha value is -1.61. The molecule has 0 atom stereocenters. The molecule has 0 amide bonds. The summed E-state index contributed by atoms with van der Waals surface area (Å²) in [5.41, 5.74) is 7.69. The highest BCUT2D eigenvalue weighted by atomic mass is 15.3. The lowest BCUT2D eigenvalue weighted by Gasteiger charge is -2.14. The standard InChI is InChI=1S/C19H27N3/c1-13-9-14(2)19(15(3)10-13)22-16(4)17(12-21-22)11-20-18-7-5-6-8-18/h9-10,12,18,20H,5-8,11H2,1-4H3. The van der Waals surface area contributed by atoms with Gasteiger partial charge in [0.25, 0.3) is 0 Å². The summed E-state index contributed by atoms with van der Waals surface area (Å²) in [4.78, 5) is 0. The van der Waals surface area contributed by atoms with Gasteiger partial charge in [-0.15, -0.1) is 0 Å². The van der Waals surface area contributed by atoms with E-state index in [4.69, 9.17) is 0 Å². The summed E-state index contributed by atoms with van der Waals surface area (Å²) in [6.45, 7) is 9.61. The first-order valence-electron chi connectivity index (χ1n) is 8.41. The number of benzene rings is 1. The fourth-order valence-electron chi connectivity index (χ4n) is 3.73. The SMILES string of the molecule is Cc1cc(C)c(-n2ncc(CNC3CCCC3)c2C)c(C)c1. The van der Waals surface area contributed by atoms with Crippen LogP contribution in [0.25, 0.3) is 5.69 Å². The highest BCUT2D eigenvalue weighted by Gasteiger charge is 2.16. The predicted molar refractivity (Wildman–Crippen MR) is 91.6 cm³/mol. The molecule has 1 aliphatic carbocycles. The minimum Gasteiger partial charge on any atom is -0.310 e. The molecule has 2 aromatic rings. The molecule has 118 valence electrons. The maximum absolute atomic E-state index is 4.66. The minimum absolute atomic E-state index is 0.700. The van der Waals surface area contributed by atoms with Gasteiger partial charge in [-0.25, -0.2) is 4.68 Å². The average molecular weight is 297 g/mol. The molecular weight excluding hydrogens is 270 g/mol. The number of rotatable bonds is 4. The summed E-state index contributed by atoms with van der Waals surface area (Å²) in [6.07, 6.45) is 7.41. The van der Waals surface area contributed by atoms with E-state index in [0.29, 0.717) is 6.04 Å². The monoisotopic (exact) mass is 297 g/mol. The van der Waals surface area contributed by atoms with E-state index < -0.39 is 0 Å². The Balaban J connectivity index is 1.84. The van der Waals surface area contributed by atoms with Crippen LogP contribution in [0.2, 0.25) is 0 Å². The van der Waals surface area contributed by atoms with Gasteiger partial charge in [0.2, 0.25) is 0 Å². The van der Waals surface area contributed by atoms with Gasteiger partial charge in [-0.2, -0.15) is 5.10 Å². The molecule has 1 aromatic carbocycles. The third-order valence-corrected chi connectivity index (χ3v) is 4.90. The smallest absolute Gasteiger partial charge is 0.0707 e. The minimum atomic E-state index is 0.700. The first kappa shape index (κ1) is 15.3. The van der Waals surface area contributed by atoms with Crippen LogP contribution in [0.15, 0.2) is 18.3 Å². The molecule has 3 rings (SSSR count). The fraction of sp³-hybridized carbons (Fsp3) is 0.526. The number of nitrogens with one attached hydrogen (secondary N) is 1. The van der Waals surface area contributed by atoms with Gasteiger partial charge in [-0.05, 0) is 51.7 Å². The normalized spacial score (nSPS) is 15.6. The molecule has 1 aromatic heterocycles. The third kappa shape index (κ3) is 2.95. The van der Waals surface area contributed by atoms with Crippen LogP contribution in [-0.4, -0.2) is 15.8 Å². The molecule has 0 saturated heterocycles. The van der Waals surface area contributed by atoms with E-state index in [0.717, 1.165) is 6.54 Å².